The van der Waals surface area contributed by atoms with Crippen molar-refractivity contribution >= 4 is 11.8 Å². The molecule has 1 saturated heterocycles. The lowest BCUT2D eigenvalue weighted by Crippen LogP contribution is -2.53. The van der Waals surface area contributed by atoms with Crippen LogP contribution in [0.1, 0.15) is 12.8 Å². The molecule has 16 heavy (non-hydrogen) atoms. The number of hydrogen-bond donors (Lipinski definition) is 0. The molecule has 1 heterocycles. The second-order valence-electron chi connectivity index (χ2n) is 3.79. The fraction of sp³-hybridized carbons (Fsp3) is 0.500. The number of nitrogens with zero attached hydrogens (tertiary/aromatic N) is 2. The van der Waals surface area contributed by atoms with Crippen molar-refractivity contribution in [1.29, 1.82) is 0 Å². The van der Waals surface area contributed by atoms with Crippen LogP contribution in [-0.2, 0) is 9.59 Å². The monoisotopic (exact) mass is 222 g/mol. The van der Waals surface area contributed by atoms with E-state index in [0.29, 0.717) is 13.1 Å². The average molecular weight is 222 g/mol. The average Bonchev–Trinajstić information content (AvgIpc) is 2.28. The van der Waals surface area contributed by atoms with Gasteiger partial charge in [-0.15, -0.1) is 13.2 Å². The Bertz CT molecular complexity index is 269. The zero-order chi connectivity index (χ0) is 12.0. The van der Waals surface area contributed by atoms with Gasteiger partial charge in [-0.2, -0.15) is 0 Å². The summed E-state index contributed by atoms with van der Waals surface area (Å²) in [5.74, 6) is 0.0380. The Morgan fingerprint density at radius 3 is 1.62 bits per heavy atom. The summed E-state index contributed by atoms with van der Waals surface area (Å²) < 4.78 is 0. The summed E-state index contributed by atoms with van der Waals surface area (Å²) in [6, 6.07) is 0. The van der Waals surface area contributed by atoms with Gasteiger partial charge in [-0.05, 0) is 12.8 Å². The molecule has 4 nitrogen and oxygen atoms in total. The van der Waals surface area contributed by atoms with Crippen LogP contribution in [0.5, 0.6) is 0 Å². The Morgan fingerprint density at radius 2 is 1.31 bits per heavy atom. The summed E-state index contributed by atoms with van der Waals surface area (Å²) in [4.78, 5) is 26.6. The first-order valence-electron chi connectivity index (χ1n) is 5.46. The van der Waals surface area contributed by atoms with Crippen LogP contribution in [0.15, 0.2) is 25.3 Å². The Kier molecular flexibility index (Phi) is 4.76. The SMILES string of the molecule is C=CCCN1CC(=O)N(CCC=C)CC1=O. The van der Waals surface area contributed by atoms with Gasteiger partial charge >= 0.3 is 0 Å². The second kappa shape index (κ2) is 6.10. The molecule has 1 aliphatic heterocycles. The third kappa shape index (κ3) is 3.22. The lowest BCUT2D eigenvalue weighted by Gasteiger charge is -2.33. The Balaban J connectivity index is 2.49. The molecule has 88 valence electrons. The lowest BCUT2D eigenvalue weighted by atomic mass is 10.2. The van der Waals surface area contributed by atoms with Gasteiger partial charge in [0, 0.05) is 13.1 Å². The van der Waals surface area contributed by atoms with Crippen molar-refractivity contribution < 1.29 is 9.59 Å². The highest BCUT2D eigenvalue weighted by molar-refractivity contribution is 5.92. The zero-order valence-corrected chi connectivity index (χ0v) is 9.52. The van der Waals surface area contributed by atoms with Crippen LogP contribution in [0.4, 0.5) is 0 Å². The number of hydrogen-bond acceptors (Lipinski definition) is 2. The minimum atomic E-state index is 0.0190. The highest BCUT2D eigenvalue weighted by Crippen LogP contribution is 2.06. The molecule has 0 radical (unpaired) electrons. The molecule has 4 heteroatoms. The summed E-state index contributed by atoms with van der Waals surface area (Å²) in [6.07, 6.45) is 4.96. The maximum Gasteiger partial charge on any atom is 0.242 e. The standard InChI is InChI=1S/C12H18N2O2/c1-3-5-7-13-9-12(16)14(8-6-4-2)10-11(13)15/h3-4H,1-2,5-10H2. The van der Waals surface area contributed by atoms with E-state index in [1.54, 1.807) is 22.0 Å². The molecule has 0 aliphatic carbocycles. The summed E-state index contributed by atoms with van der Waals surface area (Å²) in [6.45, 7) is 8.77. The van der Waals surface area contributed by atoms with Crippen molar-refractivity contribution in [1.82, 2.24) is 9.80 Å². The summed E-state index contributed by atoms with van der Waals surface area (Å²) in [5, 5.41) is 0. The molecule has 0 aromatic carbocycles. The predicted molar refractivity (Wildman–Crippen MR) is 62.8 cm³/mol. The van der Waals surface area contributed by atoms with Crippen molar-refractivity contribution in [3.8, 4) is 0 Å². The van der Waals surface area contributed by atoms with Crippen LogP contribution >= 0.6 is 0 Å². The number of carbonyl (C=O) groups is 2. The van der Waals surface area contributed by atoms with E-state index in [-0.39, 0.29) is 24.9 Å². The van der Waals surface area contributed by atoms with Gasteiger partial charge in [0.1, 0.15) is 0 Å². The van der Waals surface area contributed by atoms with E-state index in [0.717, 1.165) is 12.8 Å². The van der Waals surface area contributed by atoms with E-state index < -0.39 is 0 Å². The van der Waals surface area contributed by atoms with E-state index in [4.69, 9.17) is 0 Å². The van der Waals surface area contributed by atoms with E-state index in [2.05, 4.69) is 13.2 Å². The van der Waals surface area contributed by atoms with E-state index >= 15 is 0 Å². The third-order valence-electron chi connectivity index (χ3n) is 2.56. The van der Waals surface area contributed by atoms with Crippen LogP contribution in [0.2, 0.25) is 0 Å². The molecule has 0 atom stereocenters. The van der Waals surface area contributed by atoms with Gasteiger partial charge in [-0.25, -0.2) is 0 Å². The first-order valence-corrected chi connectivity index (χ1v) is 5.46. The van der Waals surface area contributed by atoms with Crippen LogP contribution in [0, 0.1) is 0 Å². The lowest BCUT2D eigenvalue weighted by molar-refractivity contribution is -0.149. The number of amides is 2. The van der Waals surface area contributed by atoms with Crippen LogP contribution in [-0.4, -0.2) is 47.8 Å². The van der Waals surface area contributed by atoms with E-state index in [1.165, 1.54) is 0 Å². The summed E-state index contributed by atoms with van der Waals surface area (Å²) >= 11 is 0. The maximum atomic E-state index is 11.7. The molecule has 0 spiro atoms. The van der Waals surface area contributed by atoms with Crippen molar-refractivity contribution in [3.63, 3.8) is 0 Å². The molecule has 1 aliphatic rings. The second-order valence-corrected chi connectivity index (χ2v) is 3.79. The van der Waals surface area contributed by atoms with Gasteiger partial charge in [0.25, 0.3) is 0 Å². The smallest absolute Gasteiger partial charge is 0.242 e. The van der Waals surface area contributed by atoms with Crippen LogP contribution in [0.3, 0.4) is 0 Å². The molecule has 0 saturated carbocycles. The van der Waals surface area contributed by atoms with Crippen molar-refractivity contribution in [2.24, 2.45) is 0 Å². The zero-order valence-electron chi connectivity index (χ0n) is 9.52. The minimum absolute atomic E-state index is 0.0190. The van der Waals surface area contributed by atoms with Gasteiger partial charge in [0.2, 0.25) is 11.8 Å². The molecule has 0 bridgehead atoms. The third-order valence-corrected chi connectivity index (χ3v) is 2.56. The predicted octanol–water partition coefficient (Wildman–Crippen LogP) is 0.809. The Hall–Kier alpha value is -1.58. The number of carbonyl (C=O) groups excluding carboxylic acids is 2. The van der Waals surface area contributed by atoms with Gasteiger partial charge in [-0.1, -0.05) is 12.2 Å². The van der Waals surface area contributed by atoms with Gasteiger partial charge in [-0.3, -0.25) is 9.59 Å². The molecule has 1 fully saturated rings. The highest BCUT2D eigenvalue weighted by atomic mass is 16.2. The van der Waals surface area contributed by atoms with E-state index in [9.17, 15) is 9.59 Å². The summed E-state index contributed by atoms with van der Waals surface area (Å²) in [7, 11) is 0. The molecule has 2 amide bonds. The fourth-order valence-corrected chi connectivity index (χ4v) is 1.60. The first-order chi connectivity index (χ1) is 7.69. The number of piperazine rings is 1. The van der Waals surface area contributed by atoms with Crippen molar-refractivity contribution in [3.05, 3.63) is 25.3 Å². The maximum absolute atomic E-state index is 11.7. The van der Waals surface area contributed by atoms with Gasteiger partial charge < -0.3 is 9.80 Å². The number of rotatable bonds is 6. The first kappa shape index (κ1) is 12.5. The molecular weight excluding hydrogens is 204 g/mol. The topological polar surface area (TPSA) is 40.6 Å². The summed E-state index contributed by atoms with van der Waals surface area (Å²) in [5.41, 5.74) is 0. The van der Waals surface area contributed by atoms with E-state index in [1.807, 2.05) is 0 Å². The molecular formula is C12H18N2O2. The molecule has 0 aromatic heterocycles. The van der Waals surface area contributed by atoms with Crippen molar-refractivity contribution in [2.45, 2.75) is 12.8 Å². The highest BCUT2D eigenvalue weighted by Gasteiger charge is 2.28. The van der Waals surface area contributed by atoms with Gasteiger partial charge in [0.05, 0.1) is 13.1 Å². The fourth-order valence-electron chi connectivity index (χ4n) is 1.60. The Labute approximate surface area is 96.2 Å². The van der Waals surface area contributed by atoms with Crippen LogP contribution < -0.4 is 0 Å². The quantitative estimate of drug-likeness (QED) is 0.624. The molecule has 0 N–H and O–H groups in total. The Morgan fingerprint density at radius 1 is 0.938 bits per heavy atom. The minimum Gasteiger partial charge on any atom is -0.332 e. The van der Waals surface area contributed by atoms with Gasteiger partial charge in [0.15, 0.2) is 0 Å². The molecule has 0 unspecified atom stereocenters. The van der Waals surface area contributed by atoms with Crippen molar-refractivity contribution in [2.75, 3.05) is 26.2 Å². The largest absolute Gasteiger partial charge is 0.332 e. The molecule has 1 rings (SSSR count). The molecule has 0 aromatic rings. The van der Waals surface area contributed by atoms with Crippen LogP contribution in [0.25, 0.3) is 0 Å². The normalized spacial score (nSPS) is 16.5.